The number of nitriles is 1. The SMILES string of the molecule is N#Cc1sc(NC2CCCCCC2)c(C2CC2)c1N. The predicted octanol–water partition coefficient (Wildman–Crippen LogP) is 4.21. The summed E-state index contributed by atoms with van der Waals surface area (Å²) in [5, 5.41) is 14.0. The molecule has 0 unspecified atom stereocenters. The Bertz CT molecular complexity index is 488. The van der Waals surface area contributed by atoms with E-state index in [1.165, 1.54) is 61.9 Å². The molecule has 0 saturated heterocycles. The van der Waals surface area contributed by atoms with Crippen molar-refractivity contribution in [3.63, 3.8) is 0 Å². The van der Waals surface area contributed by atoms with Crippen molar-refractivity contribution in [1.82, 2.24) is 0 Å². The Labute approximate surface area is 118 Å². The first-order chi connectivity index (χ1) is 9.29. The van der Waals surface area contributed by atoms with E-state index < -0.39 is 0 Å². The first kappa shape index (κ1) is 12.8. The lowest BCUT2D eigenvalue weighted by atomic mass is 10.1. The Balaban J connectivity index is 1.81. The summed E-state index contributed by atoms with van der Waals surface area (Å²) < 4.78 is 0. The van der Waals surface area contributed by atoms with Crippen LogP contribution in [0.1, 0.15) is 67.7 Å². The molecule has 0 radical (unpaired) electrons. The van der Waals surface area contributed by atoms with Gasteiger partial charge < -0.3 is 11.1 Å². The fraction of sp³-hybridized carbons (Fsp3) is 0.667. The first-order valence-electron chi connectivity index (χ1n) is 7.38. The minimum atomic E-state index is 0.574. The minimum Gasteiger partial charge on any atom is -0.397 e. The fourth-order valence-corrected chi connectivity index (χ4v) is 4.12. The molecule has 3 rings (SSSR count). The summed E-state index contributed by atoms with van der Waals surface area (Å²) in [6.45, 7) is 0. The van der Waals surface area contributed by atoms with E-state index in [-0.39, 0.29) is 0 Å². The van der Waals surface area contributed by atoms with Crippen LogP contribution in [-0.2, 0) is 0 Å². The maximum Gasteiger partial charge on any atom is 0.130 e. The Kier molecular flexibility index (Phi) is 3.65. The predicted molar refractivity (Wildman–Crippen MR) is 80.5 cm³/mol. The van der Waals surface area contributed by atoms with Crippen LogP contribution in [0.25, 0.3) is 0 Å². The summed E-state index contributed by atoms with van der Waals surface area (Å²) in [6, 6.07) is 2.82. The average molecular weight is 275 g/mol. The topological polar surface area (TPSA) is 61.8 Å². The van der Waals surface area contributed by atoms with Gasteiger partial charge in [-0.05, 0) is 31.6 Å². The van der Waals surface area contributed by atoms with Crippen LogP contribution in [0.4, 0.5) is 10.7 Å². The zero-order chi connectivity index (χ0) is 13.2. The summed E-state index contributed by atoms with van der Waals surface area (Å²) in [5.41, 5.74) is 8.12. The van der Waals surface area contributed by atoms with Crippen molar-refractivity contribution in [1.29, 1.82) is 5.26 Å². The molecular weight excluding hydrogens is 254 g/mol. The van der Waals surface area contributed by atoms with E-state index in [0.717, 1.165) is 5.69 Å². The molecule has 19 heavy (non-hydrogen) atoms. The van der Waals surface area contributed by atoms with Crippen molar-refractivity contribution in [2.75, 3.05) is 11.1 Å². The van der Waals surface area contributed by atoms with Gasteiger partial charge in [-0.15, -0.1) is 11.3 Å². The van der Waals surface area contributed by atoms with E-state index >= 15 is 0 Å². The van der Waals surface area contributed by atoms with Gasteiger partial charge in [0.2, 0.25) is 0 Å². The molecule has 0 atom stereocenters. The lowest BCUT2D eigenvalue weighted by Crippen LogP contribution is -2.18. The summed E-state index contributed by atoms with van der Waals surface area (Å²) in [6.07, 6.45) is 10.3. The van der Waals surface area contributed by atoms with E-state index in [1.54, 1.807) is 11.3 Å². The van der Waals surface area contributed by atoms with Crippen molar-refractivity contribution in [2.24, 2.45) is 0 Å². The van der Waals surface area contributed by atoms with Crippen LogP contribution in [0.2, 0.25) is 0 Å². The van der Waals surface area contributed by atoms with Crippen molar-refractivity contribution >= 4 is 22.0 Å². The number of rotatable bonds is 3. The fourth-order valence-electron chi connectivity index (χ4n) is 3.03. The minimum absolute atomic E-state index is 0.574. The highest BCUT2D eigenvalue weighted by atomic mass is 32.1. The van der Waals surface area contributed by atoms with Gasteiger partial charge in [-0.2, -0.15) is 5.26 Å². The van der Waals surface area contributed by atoms with Crippen molar-refractivity contribution in [2.45, 2.75) is 63.3 Å². The smallest absolute Gasteiger partial charge is 0.130 e. The highest BCUT2D eigenvalue weighted by Crippen LogP contribution is 2.51. The molecule has 1 heterocycles. The molecule has 2 aliphatic carbocycles. The average Bonchev–Trinajstić information content (AvgIpc) is 3.20. The highest BCUT2D eigenvalue weighted by molar-refractivity contribution is 7.17. The van der Waals surface area contributed by atoms with Gasteiger partial charge in [0.05, 0.1) is 10.7 Å². The van der Waals surface area contributed by atoms with E-state index in [1.807, 2.05) is 0 Å². The molecule has 0 spiro atoms. The maximum absolute atomic E-state index is 9.16. The van der Waals surface area contributed by atoms with Gasteiger partial charge in [0.15, 0.2) is 0 Å². The second-order valence-electron chi connectivity index (χ2n) is 5.81. The zero-order valence-electron chi connectivity index (χ0n) is 11.2. The molecule has 102 valence electrons. The third-order valence-electron chi connectivity index (χ3n) is 4.26. The normalized spacial score (nSPS) is 20.8. The number of nitrogens with one attached hydrogen (secondary N) is 1. The Morgan fingerprint density at radius 2 is 1.79 bits per heavy atom. The van der Waals surface area contributed by atoms with Crippen molar-refractivity contribution in [3.8, 4) is 6.07 Å². The number of nitrogens with zero attached hydrogens (tertiary/aromatic N) is 1. The van der Waals surface area contributed by atoms with Crippen molar-refractivity contribution < 1.29 is 0 Å². The lowest BCUT2D eigenvalue weighted by Gasteiger charge is -2.17. The molecule has 0 amide bonds. The van der Waals surface area contributed by atoms with Crippen LogP contribution in [0.3, 0.4) is 0 Å². The summed E-state index contributed by atoms with van der Waals surface area (Å²) in [5.74, 6) is 0.603. The van der Waals surface area contributed by atoms with Crippen LogP contribution in [0.15, 0.2) is 0 Å². The van der Waals surface area contributed by atoms with Gasteiger partial charge >= 0.3 is 0 Å². The number of anilines is 2. The molecule has 4 heteroatoms. The van der Waals surface area contributed by atoms with Crippen LogP contribution in [-0.4, -0.2) is 6.04 Å². The summed E-state index contributed by atoms with van der Waals surface area (Å²) in [4.78, 5) is 0.693. The van der Waals surface area contributed by atoms with E-state index in [4.69, 9.17) is 11.0 Å². The second kappa shape index (κ2) is 5.42. The molecular formula is C15H21N3S. The van der Waals surface area contributed by atoms with Gasteiger partial charge in [-0.3, -0.25) is 0 Å². The molecule has 2 aliphatic rings. The largest absolute Gasteiger partial charge is 0.397 e. The molecule has 1 aromatic rings. The van der Waals surface area contributed by atoms with E-state index in [9.17, 15) is 0 Å². The molecule has 2 saturated carbocycles. The second-order valence-corrected chi connectivity index (χ2v) is 6.83. The number of hydrogen-bond acceptors (Lipinski definition) is 4. The van der Waals surface area contributed by atoms with Crippen LogP contribution in [0.5, 0.6) is 0 Å². The first-order valence-corrected chi connectivity index (χ1v) is 8.20. The van der Waals surface area contributed by atoms with Gasteiger partial charge in [0.25, 0.3) is 0 Å². The maximum atomic E-state index is 9.16. The molecule has 1 aromatic heterocycles. The molecule has 3 N–H and O–H groups in total. The van der Waals surface area contributed by atoms with Crippen molar-refractivity contribution in [3.05, 3.63) is 10.4 Å². The van der Waals surface area contributed by atoms with Gasteiger partial charge in [0.1, 0.15) is 10.9 Å². The molecule has 2 fully saturated rings. The van der Waals surface area contributed by atoms with Crippen LogP contribution < -0.4 is 11.1 Å². The van der Waals surface area contributed by atoms with Gasteiger partial charge in [-0.1, -0.05) is 25.7 Å². The van der Waals surface area contributed by atoms with E-state index in [0.29, 0.717) is 16.8 Å². The third-order valence-corrected chi connectivity index (χ3v) is 5.32. The van der Waals surface area contributed by atoms with E-state index in [2.05, 4.69) is 11.4 Å². The summed E-state index contributed by atoms with van der Waals surface area (Å²) >= 11 is 1.56. The van der Waals surface area contributed by atoms with Crippen LogP contribution in [0, 0.1) is 11.3 Å². The Morgan fingerprint density at radius 1 is 1.11 bits per heavy atom. The Hall–Kier alpha value is -1.21. The standard InChI is InChI=1S/C15H21N3S/c16-9-12-14(17)13(10-7-8-10)15(19-12)18-11-5-3-1-2-4-6-11/h10-11,18H,1-8,17H2. The molecule has 0 bridgehead atoms. The molecule has 0 aliphatic heterocycles. The number of nitrogen functional groups attached to an aromatic ring is 1. The van der Waals surface area contributed by atoms with Gasteiger partial charge in [-0.25, -0.2) is 0 Å². The molecule has 3 nitrogen and oxygen atoms in total. The Morgan fingerprint density at radius 3 is 2.37 bits per heavy atom. The molecule has 0 aromatic carbocycles. The lowest BCUT2D eigenvalue weighted by molar-refractivity contribution is 0.621. The number of nitrogens with two attached hydrogens (primary N) is 1. The zero-order valence-corrected chi connectivity index (χ0v) is 12.1. The highest BCUT2D eigenvalue weighted by Gasteiger charge is 2.32. The third kappa shape index (κ3) is 2.71. The summed E-state index contributed by atoms with van der Waals surface area (Å²) in [7, 11) is 0. The van der Waals surface area contributed by atoms with Gasteiger partial charge in [0, 0.05) is 11.6 Å². The quantitative estimate of drug-likeness (QED) is 0.812. The monoisotopic (exact) mass is 275 g/mol. The van der Waals surface area contributed by atoms with Crippen LogP contribution >= 0.6 is 11.3 Å². The number of thiophene rings is 1. The number of hydrogen-bond donors (Lipinski definition) is 2.